The predicted octanol–water partition coefficient (Wildman–Crippen LogP) is 6.37. The van der Waals surface area contributed by atoms with Gasteiger partial charge in [-0.1, -0.05) is 23.2 Å². The lowest BCUT2D eigenvalue weighted by Crippen LogP contribution is -2.20. The smallest absolute Gasteiger partial charge is 0.340 e. The highest BCUT2D eigenvalue weighted by molar-refractivity contribution is 6.36. The summed E-state index contributed by atoms with van der Waals surface area (Å²) in [5.41, 5.74) is -0.503. The van der Waals surface area contributed by atoms with Crippen molar-refractivity contribution in [3.63, 3.8) is 0 Å². The van der Waals surface area contributed by atoms with Crippen molar-refractivity contribution in [2.24, 2.45) is 0 Å². The van der Waals surface area contributed by atoms with Crippen LogP contribution in [-0.2, 0) is 11.7 Å². The van der Waals surface area contributed by atoms with Gasteiger partial charge in [0, 0.05) is 23.3 Å². The number of anilines is 1. The lowest BCUT2D eigenvalue weighted by molar-refractivity contribution is -0.137. The molecule has 1 N–H and O–H groups in total. The van der Waals surface area contributed by atoms with Gasteiger partial charge in [0.25, 0.3) is 5.91 Å². The Morgan fingerprint density at radius 1 is 1.14 bits per heavy atom. The molecule has 28 heavy (non-hydrogen) atoms. The maximum Gasteiger partial charge on any atom is 0.416 e. The Morgan fingerprint density at radius 3 is 2.39 bits per heavy atom. The van der Waals surface area contributed by atoms with E-state index in [0.29, 0.717) is 5.52 Å². The predicted molar refractivity (Wildman–Crippen MR) is 104 cm³/mol. The molecule has 0 fully saturated rings. The number of hydrogen-bond acceptors (Lipinski definition) is 2. The van der Waals surface area contributed by atoms with E-state index in [1.807, 2.05) is 20.8 Å². The van der Waals surface area contributed by atoms with E-state index in [-0.39, 0.29) is 26.8 Å². The zero-order valence-electron chi connectivity index (χ0n) is 15.2. The number of nitrogens with one attached hydrogen (secondary N) is 1. The number of carbonyl (C=O) groups excluding carboxylic acids is 1. The van der Waals surface area contributed by atoms with E-state index < -0.39 is 23.2 Å². The fourth-order valence-corrected chi connectivity index (χ4v) is 3.29. The average molecular weight is 430 g/mol. The number of pyridine rings is 1. The Labute approximate surface area is 169 Å². The van der Waals surface area contributed by atoms with Crippen LogP contribution in [0.4, 0.5) is 18.9 Å². The number of alkyl halides is 3. The zero-order chi connectivity index (χ0) is 20.9. The molecule has 0 aliphatic rings. The molecule has 148 valence electrons. The molecule has 3 aromatic rings. The number of aromatic nitrogens is 2. The summed E-state index contributed by atoms with van der Waals surface area (Å²) in [7, 11) is 0. The highest BCUT2D eigenvalue weighted by Crippen LogP contribution is 2.37. The van der Waals surface area contributed by atoms with E-state index in [1.54, 1.807) is 10.8 Å². The zero-order valence-corrected chi connectivity index (χ0v) is 16.7. The van der Waals surface area contributed by atoms with Gasteiger partial charge in [-0.15, -0.1) is 0 Å². The third-order valence-electron chi connectivity index (χ3n) is 4.13. The minimum absolute atomic E-state index is 0.0422. The molecule has 4 nitrogen and oxygen atoms in total. The first-order valence-electron chi connectivity index (χ1n) is 8.23. The van der Waals surface area contributed by atoms with E-state index in [4.69, 9.17) is 23.2 Å². The molecule has 0 atom stereocenters. The molecule has 0 saturated carbocycles. The molecule has 2 aromatic heterocycles. The molecule has 1 aromatic carbocycles. The number of amides is 1. The van der Waals surface area contributed by atoms with Gasteiger partial charge >= 0.3 is 6.18 Å². The van der Waals surface area contributed by atoms with Gasteiger partial charge in [-0.05, 0) is 45.0 Å². The summed E-state index contributed by atoms with van der Waals surface area (Å²) in [6.07, 6.45) is -1.63. The highest BCUT2D eigenvalue weighted by atomic mass is 35.5. The molecule has 3 rings (SSSR count). The molecule has 1 amide bonds. The summed E-state index contributed by atoms with van der Waals surface area (Å²) < 4.78 is 41.3. The molecule has 0 bridgehead atoms. The van der Waals surface area contributed by atoms with E-state index >= 15 is 0 Å². The van der Waals surface area contributed by atoms with Crippen LogP contribution >= 0.6 is 23.2 Å². The fourth-order valence-electron chi connectivity index (χ4n) is 2.82. The second-order valence-corrected chi connectivity index (χ2v) is 8.10. The van der Waals surface area contributed by atoms with Crippen LogP contribution in [0.2, 0.25) is 10.0 Å². The highest BCUT2D eigenvalue weighted by Gasteiger charge is 2.31. The van der Waals surface area contributed by atoms with Crippen LogP contribution < -0.4 is 5.32 Å². The van der Waals surface area contributed by atoms with Crippen LogP contribution in [0.25, 0.3) is 10.9 Å². The number of fused-ring (bicyclic) bond motifs is 1. The summed E-state index contributed by atoms with van der Waals surface area (Å²) in [6.45, 7) is 5.73. The van der Waals surface area contributed by atoms with Crippen molar-refractivity contribution in [3.8, 4) is 0 Å². The Balaban J connectivity index is 2.12. The topological polar surface area (TPSA) is 46.9 Å². The van der Waals surface area contributed by atoms with Crippen molar-refractivity contribution in [3.05, 3.63) is 58.0 Å². The summed E-state index contributed by atoms with van der Waals surface area (Å²) in [5.74, 6) is -0.646. The van der Waals surface area contributed by atoms with Crippen LogP contribution in [0.5, 0.6) is 0 Å². The minimum Gasteiger partial charge on any atom is -0.340 e. The van der Waals surface area contributed by atoms with Crippen molar-refractivity contribution < 1.29 is 18.0 Å². The maximum absolute atomic E-state index is 13.2. The van der Waals surface area contributed by atoms with Crippen molar-refractivity contribution in [1.29, 1.82) is 0 Å². The lowest BCUT2D eigenvalue weighted by atomic mass is 10.1. The summed E-state index contributed by atoms with van der Waals surface area (Å²) in [5, 5.41) is 3.19. The number of rotatable bonds is 2. The van der Waals surface area contributed by atoms with Crippen LogP contribution in [0, 0.1) is 0 Å². The number of hydrogen-bond donors (Lipinski definition) is 1. The molecule has 0 radical (unpaired) electrons. The Hall–Kier alpha value is -2.25. The van der Waals surface area contributed by atoms with Gasteiger partial charge in [-0.3, -0.25) is 4.79 Å². The van der Waals surface area contributed by atoms with Gasteiger partial charge in [0.05, 0.1) is 26.8 Å². The first-order chi connectivity index (χ1) is 12.9. The maximum atomic E-state index is 13.2. The number of nitrogens with zero attached hydrogens (tertiary/aromatic N) is 2. The minimum atomic E-state index is -4.50. The third-order valence-corrected chi connectivity index (χ3v) is 4.62. The van der Waals surface area contributed by atoms with Gasteiger partial charge < -0.3 is 9.88 Å². The second kappa shape index (κ2) is 6.97. The van der Waals surface area contributed by atoms with Crippen LogP contribution in [-0.4, -0.2) is 15.5 Å². The molecular weight excluding hydrogens is 414 g/mol. The number of carbonyl (C=O) groups is 1. The van der Waals surface area contributed by atoms with E-state index in [0.717, 1.165) is 12.1 Å². The molecule has 9 heteroatoms. The van der Waals surface area contributed by atoms with Crippen LogP contribution in [0.15, 0.2) is 36.7 Å². The molecule has 0 saturated heterocycles. The molecule has 2 heterocycles. The Kier molecular flexibility index (Phi) is 5.10. The number of halogens is 5. The molecular formula is C19H16Cl2F3N3O. The SMILES string of the molecule is CC(C)(C)n1cc(NC(=O)c2ncc(Cl)cc2Cl)c2cc(C(F)(F)F)ccc21. The Morgan fingerprint density at radius 2 is 1.82 bits per heavy atom. The van der Waals surface area contributed by atoms with Crippen molar-refractivity contribution in [1.82, 2.24) is 9.55 Å². The monoisotopic (exact) mass is 429 g/mol. The summed E-state index contributed by atoms with van der Waals surface area (Å²) in [4.78, 5) is 16.5. The van der Waals surface area contributed by atoms with Crippen LogP contribution in [0.1, 0.15) is 36.8 Å². The lowest BCUT2D eigenvalue weighted by Gasteiger charge is -2.22. The van der Waals surface area contributed by atoms with E-state index in [1.165, 1.54) is 18.3 Å². The first-order valence-corrected chi connectivity index (χ1v) is 8.98. The quantitative estimate of drug-likeness (QED) is 0.514. The molecule has 0 aliphatic carbocycles. The van der Waals surface area contributed by atoms with Crippen LogP contribution in [0.3, 0.4) is 0 Å². The standard InChI is InChI=1S/C19H16Cl2F3N3O/c1-18(2,3)27-9-14(12-6-10(19(22,23)24)4-5-15(12)27)26-17(28)16-13(21)7-11(20)8-25-16/h4-9H,1-3H3,(H,26,28). The number of benzene rings is 1. The molecule has 0 aliphatic heterocycles. The summed E-state index contributed by atoms with van der Waals surface area (Å²) in [6, 6.07) is 4.80. The Bertz CT molecular complexity index is 1070. The van der Waals surface area contributed by atoms with E-state index in [9.17, 15) is 18.0 Å². The first kappa shape index (κ1) is 20.5. The molecule has 0 unspecified atom stereocenters. The van der Waals surface area contributed by atoms with Gasteiger partial charge in [0.15, 0.2) is 0 Å². The second-order valence-electron chi connectivity index (χ2n) is 7.25. The van der Waals surface area contributed by atoms with Gasteiger partial charge in [-0.2, -0.15) is 13.2 Å². The third kappa shape index (κ3) is 3.95. The van der Waals surface area contributed by atoms with Gasteiger partial charge in [0.2, 0.25) is 0 Å². The molecule has 0 spiro atoms. The van der Waals surface area contributed by atoms with E-state index in [2.05, 4.69) is 10.3 Å². The average Bonchev–Trinajstić information content (AvgIpc) is 2.92. The van der Waals surface area contributed by atoms with Crippen molar-refractivity contribution >= 4 is 45.7 Å². The van der Waals surface area contributed by atoms with Crippen molar-refractivity contribution in [2.45, 2.75) is 32.5 Å². The van der Waals surface area contributed by atoms with Gasteiger partial charge in [-0.25, -0.2) is 4.98 Å². The van der Waals surface area contributed by atoms with Crippen molar-refractivity contribution in [2.75, 3.05) is 5.32 Å². The van der Waals surface area contributed by atoms with Gasteiger partial charge in [0.1, 0.15) is 5.69 Å². The normalized spacial score (nSPS) is 12.4. The summed E-state index contributed by atoms with van der Waals surface area (Å²) >= 11 is 11.8. The largest absolute Gasteiger partial charge is 0.416 e. The fraction of sp³-hybridized carbons (Fsp3) is 0.263.